The lowest BCUT2D eigenvalue weighted by atomic mass is 9.80. The van der Waals surface area contributed by atoms with E-state index in [1.165, 1.54) is 38.5 Å². The molecule has 15 heavy (non-hydrogen) atoms. The Morgan fingerprint density at radius 3 is 2.07 bits per heavy atom. The van der Waals surface area contributed by atoms with Crippen molar-refractivity contribution in [3.8, 4) is 0 Å². The number of hydrogen-bond acceptors (Lipinski definition) is 2. The molecule has 0 rings (SSSR count). The molecule has 0 aromatic heterocycles. The van der Waals surface area contributed by atoms with Gasteiger partial charge in [-0.15, -0.1) is 0 Å². The average Bonchev–Trinajstić information content (AvgIpc) is 2.21. The highest BCUT2D eigenvalue weighted by Crippen LogP contribution is 2.09. The summed E-state index contributed by atoms with van der Waals surface area (Å²) in [4.78, 5) is 0. The highest BCUT2D eigenvalue weighted by atomic mass is 16.4. The highest BCUT2D eigenvalue weighted by molar-refractivity contribution is 6.50. The van der Waals surface area contributed by atoms with Crippen LogP contribution in [0.1, 0.15) is 65.2 Å². The highest BCUT2D eigenvalue weighted by Gasteiger charge is 2.07. The van der Waals surface area contributed by atoms with Crippen LogP contribution in [0.5, 0.6) is 0 Å². The maximum atomic E-state index is 8.81. The van der Waals surface area contributed by atoms with Crippen LogP contribution in [-0.2, 0) is 0 Å². The lowest BCUT2D eigenvalue weighted by molar-refractivity contribution is 0.418. The quantitative estimate of drug-likeness (QED) is 0.455. The summed E-state index contributed by atoms with van der Waals surface area (Å²) in [5, 5.41) is 17.6. The van der Waals surface area contributed by atoms with Crippen molar-refractivity contribution in [1.82, 2.24) is 0 Å². The molecule has 0 bridgehead atoms. The standard InChI is InChI=1S/C12H25BO2/c1-3-4-5-6-7-8-9-10-11-12(2)13(14)15/h11,14-15H,3-10H2,1-2H3/b12-11+. The van der Waals surface area contributed by atoms with Gasteiger partial charge in [0.1, 0.15) is 0 Å². The van der Waals surface area contributed by atoms with Crippen molar-refractivity contribution in [2.24, 2.45) is 0 Å². The molecule has 0 fully saturated rings. The third kappa shape index (κ3) is 10.0. The van der Waals surface area contributed by atoms with Crippen LogP contribution in [0.3, 0.4) is 0 Å². The molecule has 0 aromatic rings. The van der Waals surface area contributed by atoms with E-state index in [0.717, 1.165) is 12.8 Å². The fourth-order valence-corrected chi connectivity index (χ4v) is 1.54. The predicted octanol–water partition coefficient (Wildman–Crippen LogP) is 3.09. The fraction of sp³-hybridized carbons (Fsp3) is 0.833. The summed E-state index contributed by atoms with van der Waals surface area (Å²) in [6.45, 7) is 3.99. The van der Waals surface area contributed by atoms with Crippen molar-refractivity contribution in [2.75, 3.05) is 0 Å². The minimum absolute atomic E-state index is 0.668. The van der Waals surface area contributed by atoms with Crippen molar-refractivity contribution in [2.45, 2.75) is 65.2 Å². The Hall–Kier alpha value is -0.275. The molecule has 0 saturated heterocycles. The molecule has 0 aliphatic heterocycles. The van der Waals surface area contributed by atoms with E-state index in [9.17, 15) is 0 Å². The van der Waals surface area contributed by atoms with E-state index in [-0.39, 0.29) is 0 Å². The fourth-order valence-electron chi connectivity index (χ4n) is 1.54. The van der Waals surface area contributed by atoms with Gasteiger partial charge in [-0.05, 0) is 25.2 Å². The number of allylic oxidation sites excluding steroid dienone is 2. The van der Waals surface area contributed by atoms with Crippen LogP contribution >= 0.6 is 0 Å². The summed E-state index contributed by atoms with van der Waals surface area (Å²) in [7, 11) is -1.27. The first-order valence-corrected chi connectivity index (χ1v) is 6.21. The molecule has 2 N–H and O–H groups in total. The van der Waals surface area contributed by atoms with E-state index in [0.29, 0.717) is 5.47 Å². The van der Waals surface area contributed by atoms with E-state index in [4.69, 9.17) is 10.0 Å². The molecule has 0 aliphatic rings. The number of unbranched alkanes of at least 4 members (excludes halogenated alkanes) is 7. The molecule has 0 saturated carbocycles. The third-order valence-electron chi connectivity index (χ3n) is 2.68. The van der Waals surface area contributed by atoms with Gasteiger partial charge < -0.3 is 10.0 Å². The van der Waals surface area contributed by atoms with Crippen LogP contribution in [0.25, 0.3) is 0 Å². The second kappa shape index (κ2) is 10.2. The Kier molecular flexibility index (Phi) is 10.1. The smallest absolute Gasteiger partial charge is 0.423 e. The minimum atomic E-state index is -1.27. The van der Waals surface area contributed by atoms with Gasteiger partial charge in [-0.3, -0.25) is 0 Å². The van der Waals surface area contributed by atoms with E-state index >= 15 is 0 Å². The summed E-state index contributed by atoms with van der Waals surface area (Å²) in [5.74, 6) is 0. The summed E-state index contributed by atoms with van der Waals surface area (Å²) in [5.41, 5.74) is 0.668. The van der Waals surface area contributed by atoms with Crippen LogP contribution in [0, 0.1) is 0 Å². The van der Waals surface area contributed by atoms with Gasteiger partial charge in [-0.25, -0.2) is 0 Å². The Morgan fingerprint density at radius 1 is 1.00 bits per heavy atom. The zero-order valence-corrected chi connectivity index (χ0v) is 10.2. The van der Waals surface area contributed by atoms with Gasteiger partial charge in [0.05, 0.1) is 0 Å². The monoisotopic (exact) mass is 212 g/mol. The first kappa shape index (κ1) is 14.7. The maximum absolute atomic E-state index is 8.81. The van der Waals surface area contributed by atoms with Gasteiger partial charge in [-0.1, -0.05) is 51.5 Å². The first-order chi connectivity index (χ1) is 7.18. The van der Waals surface area contributed by atoms with Crippen LogP contribution in [0.4, 0.5) is 0 Å². The van der Waals surface area contributed by atoms with Crippen LogP contribution < -0.4 is 0 Å². The number of hydrogen-bond donors (Lipinski definition) is 2. The van der Waals surface area contributed by atoms with Gasteiger partial charge in [0.25, 0.3) is 0 Å². The molecular weight excluding hydrogens is 187 g/mol. The van der Waals surface area contributed by atoms with E-state index in [1.54, 1.807) is 6.92 Å². The largest absolute Gasteiger partial charge is 0.483 e. The van der Waals surface area contributed by atoms with Crippen molar-refractivity contribution < 1.29 is 10.0 Å². The SMILES string of the molecule is CCCCCCCCC/C=C(\C)B(O)O. The summed E-state index contributed by atoms with van der Waals surface area (Å²) < 4.78 is 0. The molecule has 0 amide bonds. The molecule has 3 heteroatoms. The van der Waals surface area contributed by atoms with Crippen LogP contribution in [0.2, 0.25) is 0 Å². The topological polar surface area (TPSA) is 40.5 Å². The second-order valence-electron chi connectivity index (χ2n) is 4.23. The summed E-state index contributed by atoms with van der Waals surface area (Å²) in [6.07, 6.45) is 12.0. The van der Waals surface area contributed by atoms with Gasteiger partial charge in [-0.2, -0.15) is 0 Å². The Bertz CT molecular complexity index is 167. The lowest BCUT2D eigenvalue weighted by Gasteiger charge is -2.00. The molecule has 0 heterocycles. The zero-order valence-electron chi connectivity index (χ0n) is 10.2. The van der Waals surface area contributed by atoms with Crippen LogP contribution in [-0.4, -0.2) is 17.2 Å². The van der Waals surface area contributed by atoms with E-state index in [2.05, 4.69) is 6.92 Å². The Morgan fingerprint density at radius 2 is 1.53 bits per heavy atom. The predicted molar refractivity (Wildman–Crippen MR) is 66.6 cm³/mol. The molecule has 0 aromatic carbocycles. The van der Waals surface area contributed by atoms with Crippen LogP contribution in [0.15, 0.2) is 11.5 Å². The molecule has 0 unspecified atom stereocenters. The average molecular weight is 212 g/mol. The second-order valence-corrected chi connectivity index (χ2v) is 4.23. The molecule has 0 aliphatic carbocycles. The van der Waals surface area contributed by atoms with Crippen molar-refractivity contribution in [3.05, 3.63) is 11.5 Å². The summed E-state index contributed by atoms with van der Waals surface area (Å²) >= 11 is 0. The van der Waals surface area contributed by atoms with Gasteiger partial charge in [0.15, 0.2) is 0 Å². The first-order valence-electron chi connectivity index (χ1n) is 6.21. The minimum Gasteiger partial charge on any atom is -0.423 e. The Balaban J connectivity index is 3.21. The van der Waals surface area contributed by atoms with E-state index in [1.807, 2.05) is 6.08 Å². The van der Waals surface area contributed by atoms with Gasteiger partial charge >= 0.3 is 7.12 Å². The molecular formula is C12H25BO2. The third-order valence-corrected chi connectivity index (χ3v) is 2.68. The summed E-state index contributed by atoms with van der Waals surface area (Å²) in [6, 6.07) is 0. The molecule has 0 atom stereocenters. The normalized spacial score (nSPS) is 11.9. The van der Waals surface area contributed by atoms with Crippen molar-refractivity contribution in [3.63, 3.8) is 0 Å². The maximum Gasteiger partial charge on any atom is 0.483 e. The lowest BCUT2D eigenvalue weighted by Crippen LogP contribution is -2.12. The van der Waals surface area contributed by atoms with Gasteiger partial charge in [0, 0.05) is 0 Å². The molecule has 0 spiro atoms. The van der Waals surface area contributed by atoms with E-state index < -0.39 is 7.12 Å². The molecule has 2 nitrogen and oxygen atoms in total. The van der Waals surface area contributed by atoms with Crippen molar-refractivity contribution >= 4 is 7.12 Å². The van der Waals surface area contributed by atoms with Crippen molar-refractivity contribution in [1.29, 1.82) is 0 Å². The molecule has 0 radical (unpaired) electrons. The zero-order chi connectivity index (χ0) is 11.5. The Labute approximate surface area is 94.5 Å². The number of rotatable bonds is 9. The molecule has 88 valence electrons. The van der Waals surface area contributed by atoms with Gasteiger partial charge in [0.2, 0.25) is 0 Å².